The molecule has 3 rings (SSSR count). The highest BCUT2D eigenvalue weighted by Crippen LogP contribution is 2.30. The van der Waals surface area contributed by atoms with Gasteiger partial charge in [0.05, 0.1) is 16.2 Å². The Morgan fingerprint density at radius 2 is 1.81 bits per heavy atom. The van der Waals surface area contributed by atoms with Crippen LogP contribution in [-0.4, -0.2) is 17.0 Å². The van der Waals surface area contributed by atoms with E-state index >= 15 is 0 Å². The van der Waals surface area contributed by atoms with Crippen molar-refractivity contribution in [2.24, 2.45) is 0 Å². The Morgan fingerprint density at radius 1 is 1.00 bits per heavy atom. The van der Waals surface area contributed by atoms with Gasteiger partial charge >= 0.3 is 0 Å². The fourth-order valence-corrected chi connectivity index (χ4v) is 2.46. The van der Waals surface area contributed by atoms with E-state index in [2.05, 4.69) is 20.6 Å². The fourth-order valence-electron chi connectivity index (χ4n) is 2.00. The van der Waals surface area contributed by atoms with Crippen LogP contribution in [0.1, 0.15) is 0 Å². The van der Waals surface area contributed by atoms with Gasteiger partial charge in [-0.15, -0.1) is 0 Å². The maximum absolute atomic E-state index is 6.20. The molecule has 0 radical (unpaired) electrons. The van der Waals surface area contributed by atoms with Crippen molar-refractivity contribution in [1.82, 2.24) is 9.97 Å². The highest BCUT2D eigenvalue weighted by molar-refractivity contribution is 6.36. The summed E-state index contributed by atoms with van der Waals surface area (Å²) in [5.74, 6) is 1.23. The molecule has 0 atom stereocenters. The molecule has 3 aromatic rings. The first-order valence-corrected chi connectivity index (χ1v) is 7.09. The molecule has 0 bridgehead atoms. The van der Waals surface area contributed by atoms with Crippen LogP contribution < -0.4 is 10.6 Å². The number of halogens is 2. The van der Waals surface area contributed by atoms with Gasteiger partial charge in [-0.25, -0.2) is 4.98 Å². The number of hydrogen-bond acceptors (Lipinski definition) is 4. The molecule has 0 aliphatic carbocycles. The number of fused-ring (bicyclic) bond motifs is 1. The molecule has 1 aromatic heterocycles. The molecular formula is C15H12Cl2N4. The van der Waals surface area contributed by atoms with Gasteiger partial charge in [-0.1, -0.05) is 35.3 Å². The highest BCUT2D eigenvalue weighted by atomic mass is 35.5. The minimum absolute atomic E-state index is 0.538. The maximum Gasteiger partial charge on any atom is 0.224 e. The molecular weight excluding hydrogens is 307 g/mol. The second-order valence-corrected chi connectivity index (χ2v) is 5.26. The van der Waals surface area contributed by atoms with Crippen molar-refractivity contribution in [3.05, 3.63) is 52.5 Å². The second kappa shape index (κ2) is 5.76. The van der Waals surface area contributed by atoms with E-state index in [-0.39, 0.29) is 0 Å². The number of nitrogens with zero attached hydrogens (tertiary/aromatic N) is 2. The second-order valence-electron chi connectivity index (χ2n) is 4.41. The lowest BCUT2D eigenvalue weighted by Crippen LogP contribution is -2.02. The van der Waals surface area contributed by atoms with Crippen LogP contribution >= 0.6 is 23.2 Å². The van der Waals surface area contributed by atoms with Gasteiger partial charge < -0.3 is 10.6 Å². The molecule has 4 nitrogen and oxygen atoms in total. The topological polar surface area (TPSA) is 49.8 Å². The molecule has 0 aliphatic rings. The number of para-hydroxylation sites is 1. The van der Waals surface area contributed by atoms with E-state index in [1.807, 2.05) is 30.3 Å². The Hall–Kier alpha value is -2.04. The molecule has 0 fully saturated rings. The van der Waals surface area contributed by atoms with Crippen LogP contribution in [0.25, 0.3) is 10.9 Å². The lowest BCUT2D eigenvalue weighted by molar-refractivity contribution is 1.19. The summed E-state index contributed by atoms with van der Waals surface area (Å²) >= 11 is 12.1. The molecule has 0 spiro atoms. The van der Waals surface area contributed by atoms with Gasteiger partial charge in [0.15, 0.2) is 0 Å². The van der Waals surface area contributed by atoms with Crippen LogP contribution in [-0.2, 0) is 0 Å². The first-order valence-electron chi connectivity index (χ1n) is 6.34. The van der Waals surface area contributed by atoms with Crippen molar-refractivity contribution < 1.29 is 0 Å². The van der Waals surface area contributed by atoms with Crippen LogP contribution in [0, 0.1) is 0 Å². The number of nitrogens with one attached hydrogen (secondary N) is 2. The lowest BCUT2D eigenvalue weighted by atomic mass is 10.2. The standard InChI is InChI=1S/C15H12Cl2N4/c1-18-15-20-12-5-3-2-4-10(12)14(21-15)19-13-7-6-9(16)8-11(13)17/h2-8H,1H3,(H2,18,19,20,21). The maximum atomic E-state index is 6.20. The molecule has 106 valence electrons. The van der Waals surface area contributed by atoms with Crippen LogP contribution in [0.3, 0.4) is 0 Å². The van der Waals surface area contributed by atoms with Crippen molar-refractivity contribution in [2.45, 2.75) is 0 Å². The summed E-state index contributed by atoms with van der Waals surface area (Å²) in [6, 6.07) is 13.1. The summed E-state index contributed by atoms with van der Waals surface area (Å²) in [6.07, 6.45) is 0. The third-order valence-electron chi connectivity index (χ3n) is 3.01. The Kier molecular flexibility index (Phi) is 3.82. The summed E-state index contributed by atoms with van der Waals surface area (Å²) in [4.78, 5) is 8.87. The van der Waals surface area contributed by atoms with E-state index in [4.69, 9.17) is 23.2 Å². The molecule has 0 amide bonds. The monoisotopic (exact) mass is 318 g/mol. The van der Waals surface area contributed by atoms with E-state index in [1.54, 1.807) is 19.2 Å². The number of benzene rings is 2. The summed E-state index contributed by atoms with van der Waals surface area (Å²) in [7, 11) is 1.78. The highest BCUT2D eigenvalue weighted by Gasteiger charge is 2.09. The molecule has 0 unspecified atom stereocenters. The zero-order valence-corrected chi connectivity index (χ0v) is 12.7. The minimum Gasteiger partial charge on any atom is -0.357 e. The SMILES string of the molecule is CNc1nc(Nc2ccc(Cl)cc2Cl)c2ccccc2n1. The summed E-state index contributed by atoms with van der Waals surface area (Å²) < 4.78 is 0. The number of anilines is 3. The average Bonchev–Trinajstić information content (AvgIpc) is 2.49. The number of hydrogen-bond donors (Lipinski definition) is 2. The van der Waals surface area contributed by atoms with Crippen LogP contribution in [0.2, 0.25) is 10.0 Å². The van der Waals surface area contributed by atoms with Crippen LogP contribution in [0.4, 0.5) is 17.5 Å². The zero-order valence-electron chi connectivity index (χ0n) is 11.2. The molecule has 2 aromatic carbocycles. The van der Waals surface area contributed by atoms with E-state index in [9.17, 15) is 0 Å². The van der Waals surface area contributed by atoms with Crippen molar-refractivity contribution in [2.75, 3.05) is 17.7 Å². The van der Waals surface area contributed by atoms with E-state index in [1.165, 1.54) is 0 Å². The van der Waals surface area contributed by atoms with Gasteiger partial charge in [0, 0.05) is 17.5 Å². The predicted molar refractivity (Wildman–Crippen MR) is 88.8 cm³/mol. The first kappa shape index (κ1) is 13.9. The van der Waals surface area contributed by atoms with Crippen molar-refractivity contribution >= 4 is 51.6 Å². The van der Waals surface area contributed by atoms with Gasteiger partial charge in [-0.2, -0.15) is 4.98 Å². The molecule has 0 saturated carbocycles. The van der Waals surface area contributed by atoms with Crippen molar-refractivity contribution in [3.8, 4) is 0 Å². The Morgan fingerprint density at radius 3 is 2.57 bits per heavy atom. The summed E-state index contributed by atoms with van der Waals surface area (Å²) in [5.41, 5.74) is 1.59. The number of rotatable bonds is 3. The van der Waals surface area contributed by atoms with E-state index < -0.39 is 0 Å². The van der Waals surface area contributed by atoms with E-state index in [0.717, 1.165) is 16.6 Å². The molecule has 6 heteroatoms. The average molecular weight is 319 g/mol. The van der Waals surface area contributed by atoms with Gasteiger partial charge in [-0.05, 0) is 30.3 Å². The first-order chi connectivity index (χ1) is 10.2. The predicted octanol–water partition coefficient (Wildman–Crippen LogP) is 4.72. The molecule has 2 N–H and O–H groups in total. The van der Waals surface area contributed by atoms with Crippen molar-refractivity contribution in [3.63, 3.8) is 0 Å². The largest absolute Gasteiger partial charge is 0.357 e. The quantitative estimate of drug-likeness (QED) is 0.733. The van der Waals surface area contributed by atoms with Gasteiger partial charge in [0.2, 0.25) is 5.95 Å². The minimum atomic E-state index is 0.538. The normalized spacial score (nSPS) is 10.6. The molecule has 1 heterocycles. The third kappa shape index (κ3) is 2.86. The fraction of sp³-hybridized carbons (Fsp3) is 0.0667. The molecule has 0 aliphatic heterocycles. The van der Waals surface area contributed by atoms with Crippen LogP contribution in [0.5, 0.6) is 0 Å². The Bertz CT molecular complexity index is 805. The third-order valence-corrected chi connectivity index (χ3v) is 3.56. The van der Waals surface area contributed by atoms with Gasteiger partial charge in [0.1, 0.15) is 5.82 Å². The van der Waals surface area contributed by atoms with Crippen molar-refractivity contribution in [1.29, 1.82) is 0 Å². The molecule has 21 heavy (non-hydrogen) atoms. The van der Waals surface area contributed by atoms with E-state index in [0.29, 0.717) is 21.8 Å². The number of aromatic nitrogens is 2. The zero-order chi connectivity index (χ0) is 14.8. The van der Waals surface area contributed by atoms with Gasteiger partial charge in [-0.3, -0.25) is 0 Å². The lowest BCUT2D eigenvalue weighted by Gasteiger charge is -2.11. The summed E-state index contributed by atoms with van der Waals surface area (Å²) in [6.45, 7) is 0. The molecule has 0 saturated heterocycles. The van der Waals surface area contributed by atoms with Crippen LogP contribution in [0.15, 0.2) is 42.5 Å². The summed E-state index contributed by atoms with van der Waals surface area (Å²) in [5, 5.41) is 8.24. The Labute approximate surface area is 132 Å². The smallest absolute Gasteiger partial charge is 0.224 e. The Balaban J connectivity index is 2.10. The van der Waals surface area contributed by atoms with Gasteiger partial charge in [0.25, 0.3) is 0 Å².